The van der Waals surface area contributed by atoms with E-state index in [2.05, 4.69) is 34.9 Å². The van der Waals surface area contributed by atoms with Gasteiger partial charge in [-0.05, 0) is 102 Å². The normalized spacial score (nSPS) is 20.6. The maximum Gasteiger partial charge on any atom is 0.341 e. The van der Waals surface area contributed by atoms with E-state index >= 15 is 0 Å². The van der Waals surface area contributed by atoms with Crippen LogP contribution in [-0.2, 0) is 30.4 Å². The molecule has 3 aliphatic carbocycles. The highest BCUT2D eigenvalue weighted by Crippen LogP contribution is 2.38. The summed E-state index contributed by atoms with van der Waals surface area (Å²) in [6.45, 7) is 2.22. The maximum atomic E-state index is 12.8. The van der Waals surface area contributed by atoms with Gasteiger partial charge in [0.05, 0.1) is 17.9 Å². The molecule has 8 nitrogen and oxygen atoms in total. The molecule has 3 aliphatic rings. The summed E-state index contributed by atoms with van der Waals surface area (Å²) in [5.74, 6) is 1.57. The van der Waals surface area contributed by atoms with E-state index in [-0.39, 0.29) is 5.97 Å². The molecule has 206 valence electrons. The summed E-state index contributed by atoms with van der Waals surface area (Å²) in [5, 5.41) is 11.9. The lowest BCUT2D eigenvalue weighted by Gasteiger charge is -2.31. The molecular formula is C28H40N6O2S2. The van der Waals surface area contributed by atoms with Gasteiger partial charge < -0.3 is 25.6 Å². The second kappa shape index (κ2) is 12.2. The molecule has 2 aromatic rings. The van der Waals surface area contributed by atoms with Crippen LogP contribution in [0, 0.1) is 0 Å². The predicted octanol–water partition coefficient (Wildman–Crippen LogP) is 5.25. The first-order valence-corrected chi connectivity index (χ1v) is 15.4. The lowest BCUT2D eigenvalue weighted by molar-refractivity contribution is 0.0526. The average Bonchev–Trinajstić information content (AvgIpc) is 3.27. The lowest BCUT2D eigenvalue weighted by Crippen LogP contribution is -2.42. The SMILES string of the molecule is CCOC(=O)c1c(NC(=S)NC2CCC(Nc3nc4c(c(N(C)C)n3)CCCC4)CC2)sc2c1CCCC2. The largest absolute Gasteiger partial charge is 0.462 e. The quantitative estimate of drug-likeness (QED) is 0.312. The number of esters is 1. The number of aryl methyl sites for hydroxylation is 2. The molecule has 1 fully saturated rings. The van der Waals surface area contributed by atoms with E-state index in [9.17, 15) is 4.79 Å². The molecule has 0 aromatic carbocycles. The molecule has 10 heteroatoms. The number of hydrogen-bond acceptors (Lipinski definition) is 8. The van der Waals surface area contributed by atoms with Crippen molar-refractivity contribution < 1.29 is 9.53 Å². The van der Waals surface area contributed by atoms with Gasteiger partial charge in [0.1, 0.15) is 10.8 Å². The van der Waals surface area contributed by atoms with Crippen molar-refractivity contribution in [1.82, 2.24) is 15.3 Å². The summed E-state index contributed by atoms with van der Waals surface area (Å²) in [4.78, 5) is 25.9. The van der Waals surface area contributed by atoms with Crippen LogP contribution >= 0.6 is 23.6 Å². The third-order valence-corrected chi connectivity index (χ3v) is 9.29. The fourth-order valence-electron chi connectivity index (χ4n) is 5.97. The second-order valence-corrected chi connectivity index (χ2v) is 12.3. The lowest BCUT2D eigenvalue weighted by atomic mass is 9.91. The zero-order valence-corrected chi connectivity index (χ0v) is 24.5. The standard InChI is InChI=1S/C28H40N6O2S2/c1-4-36-26(35)23-20-10-6-8-12-22(20)38-25(23)33-28(37)30-18-15-13-17(14-16-18)29-27-31-21-11-7-5-9-19(21)24(32-27)34(2)3/h17-18H,4-16H2,1-3H3,(H,29,31,32)(H2,30,33,37). The van der Waals surface area contributed by atoms with Crippen LogP contribution < -0.4 is 20.9 Å². The van der Waals surface area contributed by atoms with Crippen molar-refractivity contribution in [2.45, 2.75) is 96.1 Å². The number of aromatic nitrogens is 2. The molecule has 0 atom stereocenters. The number of anilines is 3. The van der Waals surface area contributed by atoms with Gasteiger partial charge in [-0.3, -0.25) is 0 Å². The molecule has 1 saturated carbocycles. The highest BCUT2D eigenvalue weighted by Gasteiger charge is 2.28. The number of ether oxygens (including phenoxy) is 1. The van der Waals surface area contributed by atoms with Crippen LogP contribution in [0.5, 0.6) is 0 Å². The fourth-order valence-corrected chi connectivity index (χ4v) is 7.59. The van der Waals surface area contributed by atoms with Gasteiger partial charge in [-0.1, -0.05) is 0 Å². The molecule has 0 saturated heterocycles. The maximum absolute atomic E-state index is 12.8. The highest BCUT2D eigenvalue weighted by atomic mass is 32.1. The van der Waals surface area contributed by atoms with Gasteiger partial charge >= 0.3 is 5.97 Å². The molecule has 0 spiro atoms. The number of fused-ring (bicyclic) bond motifs is 2. The first-order valence-electron chi connectivity index (χ1n) is 14.2. The summed E-state index contributed by atoms with van der Waals surface area (Å²) in [5.41, 5.74) is 4.37. The van der Waals surface area contributed by atoms with E-state index in [0.29, 0.717) is 29.4 Å². The number of thiocarbonyl (C=S) groups is 1. The van der Waals surface area contributed by atoms with Crippen molar-refractivity contribution in [2.24, 2.45) is 0 Å². The Hall–Kier alpha value is -2.46. The van der Waals surface area contributed by atoms with Gasteiger partial charge in [0, 0.05) is 36.6 Å². The molecule has 2 heterocycles. The molecule has 0 bridgehead atoms. The van der Waals surface area contributed by atoms with E-state index in [4.69, 9.17) is 26.9 Å². The van der Waals surface area contributed by atoms with E-state index in [1.165, 1.54) is 35.4 Å². The summed E-state index contributed by atoms with van der Waals surface area (Å²) in [7, 11) is 4.13. The minimum absolute atomic E-state index is 0.245. The van der Waals surface area contributed by atoms with Gasteiger partial charge in [0.25, 0.3) is 0 Å². The summed E-state index contributed by atoms with van der Waals surface area (Å²) in [6, 6.07) is 0.654. The topological polar surface area (TPSA) is 91.4 Å². The summed E-state index contributed by atoms with van der Waals surface area (Å²) >= 11 is 7.34. The Morgan fingerprint density at radius 1 is 1.00 bits per heavy atom. The number of nitrogens with one attached hydrogen (secondary N) is 3. The Bertz CT molecular complexity index is 1170. The van der Waals surface area contributed by atoms with Gasteiger partial charge in [-0.15, -0.1) is 11.3 Å². The Kier molecular flexibility index (Phi) is 8.67. The molecular weight excluding hydrogens is 516 g/mol. The average molecular weight is 557 g/mol. The van der Waals surface area contributed by atoms with Crippen LogP contribution in [0.3, 0.4) is 0 Å². The fraction of sp³-hybridized carbons (Fsp3) is 0.643. The first kappa shape index (κ1) is 27.1. The number of hydrogen-bond donors (Lipinski definition) is 3. The van der Waals surface area contributed by atoms with Crippen LogP contribution in [0.2, 0.25) is 0 Å². The number of carbonyl (C=O) groups excluding carboxylic acids is 1. The number of carbonyl (C=O) groups is 1. The van der Waals surface area contributed by atoms with Gasteiger partial charge in [-0.2, -0.15) is 4.98 Å². The number of thiophene rings is 1. The van der Waals surface area contributed by atoms with E-state index in [0.717, 1.165) is 80.1 Å². The molecule has 0 radical (unpaired) electrons. The Balaban J connectivity index is 1.17. The van der Waals surface area contributed by atoms with E-state index in [1.807, 2.05) is 6.92 Å². The summed E-state index contributed by atoms with van der Waals surface area (Å²) in [6.07, 6.45) is 12.9. The van der Waals surface area contributed by atoms with Crippen molar-refractivity contribution in [2.75, 3.05) is 36.2 Å². The van der Waals surface area contributed by atoms with Crippen LogP contribution in [0.4, 0.5) is 16.8 Å². The predicted molar refractivity (Wildman–Crippen MR) is 159 cm³/mol. The number of nitrogens with zero attached hydrogens (tertiary/aromatic N) is 3. The first-order chi connectivity index (χ1) is 18.4. The summed E-state index contributed by atoms with van der Waals surface area (Å²) < 4.78 is 5.38. The van der Waals surface area contributed by atoms with Crippen LogP contribution in [0.15, 0.2) is 0 Å². The Morgan fingerprint density at radius 3 is 2.42 bits per heavy atom. The minimum atomic E-state index is -0.245. The zero-order chi connectivity index (χ0) is 26.6. The van der Waals surface area contributed by atoms with Crippen molar-refractivity contribution >= 4 is 51.4 Å². The zero-order valence-electron chi connectivity index (χ0n) is 22.8. The number of rotatable bonds is 7. The second-order valence-electron chi connectivity index (χ2n) is 10.8. The molecule has 0 amide bonds. The van der Waals surface area contributed by atoms with Crippen molar-refractivity contribution in [3.05, 3.63) is 27.3 Å². The van der Waals surface area contributed by atoms with Crippen LogP contribution in [-0.4, -0.2) is 53.8 Å². The van der Waals surface area contributed by atoms with E-state index < -0.39 is 0 Å². The highest BCUT2D eigenvalue weighted by molar-refractivity contribution is 7.80. The molecule has 0 aliphatic heterocycles. The minimum Gasteiger partial charge on any atom is -0.462 e. The van der Waals surface area contributed by atoms with Crippen LogP contribution in [0.1, 0.15) is 90.3 Å². The Labute approximate surface area is 235 Å². The molecule has 0 unspecified atom stereocenters. The molecule has 5 rings (SSSR count). The third kappa shape index (κ3) is 6.06. The molecule has 3 N–H and O–H groups in total. The van der Waals surface area contributed by atoms with Crippen molar-refractivity contribution in [3.63, 3.8) is 0 Å². The van der Waals surface area contributed by atoms with Gasteiger partial charge in [0.15, 0.2) is 5.11 Å². The van der Waals surface area contributed by atoms with E-state index in [1.54, 1.807) is 11.3 Å². The van der Waals surface area contributed by atoms with Crippen molar-refractivity contribution in [1.29, 1.82) is 0 Å². The molecule has 38 heavy (non-hydrogen) atoms. The van der Waals surface area contributed by atoms with Crippen molar-refractivity contribution in [3.8, 4) is 0 Å². The third-order valence-electron chi connectivity index (χ3n) is 7.86. The molecule has 2 aromatic heterocycles. The van der Waals surface area contributed by atoms with Gasteiger partial charge in [-0.25, -0.2) is 9.78 Å². The smallest absolute Gasteiger partial charge is 0.341 e. The monoisotopic (exact) mass is 556 g/mol. The van der Waals surface area contributed by atoms with Crippen LogP contribution in [0.25, 0.3) is 0 Å². The Morgan fingerprint density at radius 2 is 1.68 bits per heavy atom. The van der Waals surface area contributed by atoms with Gasteiger partial charge in [0.2, 0.25) is 5.95 Å².